The molecule has 0 atom stereocenters. The van der Waals surface area contributed by atoms with E-state index in [-0.39, 0.29) is 0 Å². The number of rotatable bonds is 2. The Balaban J connectivity index is 1.89. The van der Waals surface area contributed by atoms with Crippen LogP contribution < -0.4 is 0 Å². The van der Waals surface area contributed by atoms with E-state index in [0.717, 1.165) is 0 Å². The second-order valence-corrected chi connectivity index (χ2v) is 11.0. The second-order valence-electron chi connectivity index (χ2n) is 3.23. The van der Waals surface area contributed by atoms with Gasteiger partial charge in [-0.1, -0.05) is 36.4 Å². The summed E-state index contributed by atoms with van der Waals surface area (Å²) >= 11 is 0. The second kappa shape index (κ2) is 7.08. The van der Waals surface area contributed by atoms with Gasteiger partial charge in [-0.25, -0.2) is 0 Å². The van der Waals surface area contributed by atoms with Crippen LogP contribution in [0.3, 0.4) is 0 Å². The van der Waals surface area contributed by atoms with Crippen molar-refractivity contribution in [3.8, 4) is 0 Å². The molecule has 0 spiro atoms. The summed E-state index contributed by atoms with van der Waals surface area (Å²) in [6.45, 7) is 0. The van der Waals surface area contributed by atoms with E-state index in [1.54, 1.807) is 0 Å². The van der Waals surface area contributed by atoms with E-state index < -0.39 is 39.3 Å². The Labute approximate surface area is 104 Å². The molecule has 1 fully saturated rings. The van der Waals surface area contributed by atoms with Crippen molar-refractivity contribution in [2.45, 2.75) is 0 Å². The number of hydrogen-bond donors (Lipinski definition) is 0. The lowest BCUT2D eigenvalue weighted by Crippen LogP contribution is -2.31. The molecule has 0 radical (unpaired) electrons. The van der Waals surface area contributed by atoms with E-state index in [1.807, 2.05) is 18.2 Å². The Hall–Kier alpha value is -0.332. The molecule has 0 unspecified atom stereocenters. The van der Waals surface area contributed by atoms with Gasteiger partial charge in [0.1, 0.15) is 0 Å². The summed E-state index contributed by atoms with van der Waals surface area (Å²) in [6, 6.07) is 10.2. The zero-order chi connectivity index (χ0) is 11.1. The summed E-state index contributed by atoms with van der Waals surface area (Å²) in [4.78, 5) is 0. The van der Waals surface area contributed by atoms with Gasteiger partial charge in [0.2, 0.25) is 0 Å². The Kier molecular flexibility index (Phi) is 5.37. The molecule has 1 aromatic carbocycles. The third kappa shape index (κ3) is 4.27. The standard InChI is InChI=1S/C8H14O4Si4/c1-2-4-8(5-3-1)6-7-16-11-14-9-13-10-15-12-16/h1-7,16H,13-15H2. The van der Waals surface area contributed by atoms with Crippen LogP contribution in [-0.2, 0) is 16.5 Å². The molecule has 1 saturated heterocycles. The Bertz CT molecular complexity index is 326. The fraction of sp³-hybridized carbons (Fsp3) is 0. The van der Waals surface area contributed by atoms with Gasteiger partial charge in [0, 0.05) is 0 Å². The van der Waals surface area contributed by atoms with Crippen LogP contribution in [0.5, 0.6) is 0 Å². The van der Waals surface area contributed by atoms with Gasteiger partial charge in [0.15, 0.2) is 0 Å². The highest BCUT2D eigenvalue weighted by molar-refractivity contribution is 6.64. The van der Waals surface area contributed by atoms with Crippen molar-refractivity contribution in [2.75, 3.05) is 0 Å². The first kappa shape index (κ1) is 12.1. The zero-order valence-corrected chi connectivity index (χ0v) is 14.3. The van der Waals surface area contributed by atoms with Gasteiger partial charge >= 0.3 is 9.28 Å². The van der Waals surface area contributed by atoms with E-state index in [4.69, 9.17) is 16.5 Å². The topological polar surface area (TPSA) is 36.9 Å². The van der Waals surface area contributed by atoms with Gasteiger partial charge in [-0.2, -0.15) is 0 Å². The lowest BCUT2D eigenvalue weighted by atomic mass is 10.2. The average molecular weight is 287 g/mol. The highest BCUT2D eigenvalue weighted by Gasteiger charge is 2.11. The zero-order valence-electron chi connectivity index (χ0n) is 8.87. The maximum absolute atomic E-state index is 5.64. The molecular weight excluding hydrogens is 272 g/mol. The maximum Gasteiger partial charge on any atom is 0.330 e. The van der Waals surface area contributed by atoms with Crippen LogP contribution in [0.1, 0.15) is 5.56 Å². The maximum atomic E-state index is 5.64. The Morgan fingerprint density at radius 1 is 0.938 bits per heavy atom. The molecule has 1 aliphatic rings. The first-order chi connectivity index (χ1) is 7.95. The average Bonchev–Trinajstić information content (AvgIpc) is 2.29. The molecule has 86 valence electrons. The van der Waals surface area contributed by atoms with Crippen LogP contribution in [0.25, 0.3) is 6.08 Å². The normalized spacial score (nSPS) is 27.4. The van der Waals surface area contributed by atoms with E-state index in [1.165, 1.54) is 5.56 Å². The first-order valence-electron chi connectivity index (χ1n) is 5.07. The van der Waals surface area contributed by atoms with E-state index >= 15 is 0 Å². The SMILES string of the molecule is C(=C[SiH]1O[SiH2]O[SiH2]O[SiH2]O1)c1ccccc1. The molecule has 1 aliphatic heterocycles. The van der Waals surface area contributed by atoms with Crippen LogP contribution in [0.2, 0.25) is 0 Å². The van der Waals surface area contributed by atoms with Crippen LogP contribution in [-0.4, -0.2) is 39.3 Å². The Morgan fingerprint density at radius 2 is 1.62 bits per heavy atom. The van der Waals surface area contributed by atoms with Crippen LogP contribution >= 0.6 is 0 Å². The number of hydrogen-bond acceptors (Lipinski definition) is 4. The van der Waals surface area contributed by atoms with Crippen LogP contribution in [0.15, 0.2) is 36.0 Å². The van der Waals surface area contributed by atoms with E-state index in [9.17, 15) is 0 Å². The van der Waals surface area contributed by atoms with Gasteiger partial charge in [-0.05, 0) is 11.3 Å². The van der Waals surface area contributed by atoms with Crippen molar-refractivity contribution in [3.05, 3.63) is 41.6 Å². The largest absolute Gasteiger partial charge is 0.425 e. The third-order valence-corrected chi connectivity index (χ3v) is 8.93. The third-order valence-electron chi connectivity index (χ3n) is 2.04. The van der Waals surface area contributed by atoms with E-state index in [2.05, 4.69) is 23.9 Å². The van der Waals surface area contributed by atoms with Gasteiger partial charge in [-0.3, -0.25) is 0 Å². The summed E-state index contributed by atoms with van der Waals surface area (Å²) in [5.74, 6) is 0. The van der Waals surface area contributed by atoms with Crippen molar-refractivity contribution < 1.29 is 16.5 Å². The summed E-state index contributed by atoms with van der Waals surface area (Å²) in [7, 11) is -4.12. The molecule has 0 saturated carbocycles. The molecular formula is C8H14O4Si4. The minimum absolute atomic E-state index is 0.764. The molecule has 0 amide bonds. The van der Waals surface area contributed by atoms with Gasteiger partial charge in [0.05, 0.1) is 0 Å². The summed E-state index contributed by atoms with van der Waals surface area (Å²) in [6.07, 6.45) is 2.05. The van der Waals surface area contributed by atoms with Crippen molar-refractivity contribution in [1.29, 1.82) is 0 Å². The molecule has 0 aliphatic carbocycles. The molecule has 0 bridgehead atoms. The molecule has 8 heteroatoms. The van der Waals surface area contributed by atoms with Crippen molar-refractivity contribution in [2.24, 2.45) is 0 Å². The molecule has 2 rings (SSSR count). The summed E-state index contributed by atoms with van der Waals surface area (Å²) in [5, 5.41) is 0. The van der Waals surface area contributed by atoms with Gasteiger partial charge in [-0.15, -0.1) is 0 Å². The molecule has 1 aromatic rings. The highest BCUT2D eigenvalue weighted by Crippen LogP contribution is 2.03. The molecule has 1 heterocycles. The smallest absolute Gasteiger partial charge is 0.330 e. The lowest BCUT2D eigenvalue weighted by Gasteiger charge is -2.17. The minimum Gasteiger partial charge on any atom is -0.425 e. The molecule has 16 heavy (non-hydrogen) atoms. The Morgan fingerprint density at radius 3 is 2.31 bits per heavy atom. The van der Waals surface area contributed by atoms with Gasteiger partial charge < -0.3 is 16.5 Å². The predicted molar refractivity (Wildman–Crippen MR) is 72.6 cm³/mol. The van der Waals surface area contributed by atoms with Crippen LogP contribution in [0, 0.1) is 0 Å². The molecule has 4 nitrogen and oxygen atoms in total. The highest BCUT2D eigenvalue weighted by atomic mass is 28.4. The van der Waals surface area contributed by atoms with Crippen molar-refractivity contribution in [1.82, 2.24) is 0 Å². The van der Waals surface area contributed by atoms with Crippen molar-refractivity contribution >= 4 is 45.4 Å². The number of benzene rings is 1. The first-order valence-corrected chi connectivity index (χ1v) is 10.1. The predicted octanol–water partition coefficient (Wildman–Crippen LogP) is -1.46. The minimum atomic E-state index is -1.65. The fourth-order valence-electron chi connectivity index (χ4n) is 1.27. The molecule has 0 N–H and O–H groups in total. The monoisotopic (exact) mass is 286 g/mol. The van der Waals surface area contributed by atoms with Crippen molar-refractivity contribution in [3.63, 3.8) is 0 Å². The molecule has 0 aromatic heterocycles. The van der Waals surface area contributed by atoms with Gasteiger partial charge in [0.25, 0.3) is 30.0 Å². The quantitative estimate of drug-likeness (QED) is 0.623. The summed E-state index contributed by atoms with van der Waals surface area (Å²) in [5.41, 5.74) is 3.22. The van der Waals surface area contributed by atoms with E-state index in [0.29, 0.717) is 0 Å². The summed E-state index contributed by atoms with van der Waals surface area (Å²) < 4.78 is 22.0. The fourth-order valence-corrected chi connectivity index (χ4v) is 9.44. The lowest BCUT2D eigenvalue weighted by molar-refractivity contribution is 0.336. The van der Waals surface area contributed by atoms with Crippen LogP contribution in [0.4, 0.5) is 0 Å².